The van der Waals surface area contributed by atoms with Crippen LogP contribution in [0.2, 0.25) is 0 Å². The van der Waals surface area contributed by atoms with Crippen LogP contribution in [-0.4, -0.2) is 20.6 Å². The minimum absolute atomic E-state index is 0.0135. The zero-order chi connectivity index (χ0) is 16.9. The van der Waals surface area contributed by atoms with Crippen molar-refractivity contribution in [2.24, 2.45) is 0 Å². The number of benzene rings is 2. The molecule has 0 atom stereocenters. The fourth-order valence-electron chi connectivity index (χ4n) is 2.28. The second-order valence-electron chi connectivity index (χ2n) is 5.62. The molecule has 0 spiro atoms. The highest BCUT2D eigenvalue weighted by atomic mass is 32.2. The van der Waals surface area contributed by atoms with Gasteiger partial charge in [-0.1, -0.05) is 36.4 Å². The average molecular weight is 331 g/mol. The van der Waals surface area contributed by atoms with Crippen LogP contribution < -0.4 is 5.32 Å². The molecule has 0 heterocycles. The van der Waals surface area contributed by atoms with Crippen molar-refractivity contribution in [3.63, 3.8) is 0 Å². The van der Waals surface area contributed by atoms with E-state index in [2.05, 4.69) is 5.32 Å². The van der Waals surface area contributed by atoms with Gasteiger partial charge in [-0.25, -0.2) is 8.42 Å². The predicted octanol–water partition coefficient (Wildman–Crippen LogP) is 2.65. The van der Waals surface area contributed by atoms with Gasteiger partial charge in [0.05, 0.1) is 4.90 Å². The van der Waals surface area contributed by atoms with Gasteiger partial charge >= 0.3 is 0 Å². The number of hydrogen-bond acceptors (Lipinski definition) is 3. The Morgan fingerprint density at radius 1 is 1.04 bits per heavy atom. The highest BCUT2D eigenvalue weighted by Crippen LogP contribution is 2.11. The first-order chi connectivity index (χ1) is 10.9. The van der Waals surface area contributed by atoms with Crippen molar-refractivity contribution >= 4 is 15.7 Å². The summed E-state index contributed by atoms with van der Waals surface area (Å²) in [6.45, 7) is 2.44. The molecule has 23 heavy (non-hydrogen) atoms. The number of hydrogen-bond donors (Lipinski definition) is 1. The first-order valence-corrected chi connectivity index (χ1v) is 9.35. The van der Waals surface area contributed by atoms with Crippen LogP contribution in [0, 0.1) is 6.92 Å². The summed E-state index contributed by atoms with van der Waals surface area (Å²) in [6.07, 6.45) is 2.33. The van der Waals surface area contributed by atoms with Crippen molar-refractivity contribution in [3.8, 4) is 0 Å². The van der Waals surface area contributed by atoms with Crippen LogP contribution in [0.4, 0.5) is 0 Å². The summed E-state index contributed by atoms with van der Waals surface area (Å²) < 4.78 is 22.8. The lowest BCUT2D eigenvalue weighted by Gasteiger charge is -2.08. The van der Waals surface area contributed by atoms with Gasteiger partial charge in [-0.2, -0.15) is 0 Å². The van der Waals surface area contributed by atoms with Crippen molar-refractivity contribution in [1.29, 1.82) is 0 Å². The van der Waals surface area contributed by atoms with Crippen molar-refractivity contribution in [3.05, 3.63) is 65.2 Å². The summed E-state index contributed by atoms with van der Waals surface area (Å²) >= 11 is 0. The van der Waals surface area contributed by atoms with Gasteiger partial charge in [0.2, 0.25) is 5.91 Å². The molecule has 0 aromatic heterocycles. The van der Waals surface area contributed by atoms with Crippen molar-refractivity contribution in [1.82, 2.24) is 5.32 Å². The number of aryl methyl sites for hydroxylation is 2. The van der Waals surface area contributed by atoms with E-state index in [1.807, 2.05) is 31.2 Å². The molecule has 0 saturated carbocycles. The number of carbonyl (C=O) groups excluding carboxylic acids is 1. The molecule has 2 rings (SSSR count). The molecule has 0 saturated heterocycles. The second kappa shape index (κ2) is 7.42. The third kappa shape index (κ3) is 5.21. The summed E-state index contributed by atoms with van der Waals surface area (Å²) in [5.74, 6) is -0.0135. The molecule has 1 amide bonds. The van der Waals surface area contributed by atoms with E-state index in [0.29, 0.717) is 19.4 Å². The number of nitrogens with one attached hydrogen (secondary N) is 1. The third-order valence-electron chi connectivity index (χ3n) is 3.72. The quantitative estimate of drug-likeness (QED) is 0.885. The summed E-state index contributed by atoms with van der Waals surface area (Å²) in [6, 6.07) is 14.6. The first-order valence-electron chi connectivity index (χ1n) is 7.46. The van der Waals surface area contributed by atoms with Crippen LogP contribution >= 0.6 is 0 Å². The number of carbonyl (C=O) groups is 1. The fraction of sp³-hybridized carbons (Fsp3) is 0.278. The highest BCUT2D eigenvalue weighted by molar-refractivity contribution is 7.90. The molecule has 0 radical (unpaired) electrons. The maximum Gasteiger partial charge on any atom is 0.220 e. The van der Waals surface area contributed by atoms with Gasteiger partial charge in [0, 0.05) is 19.2 Å². The lowest BCUT2D eigenvalue weighted by Crippen LogP contribution is -2.23. The molecule has 0 unspecified atom stereocenters. The Kier molecular flexibility index (Phi) is 5.55. The van der Waals surface area contributed by atoms with Gasteiger partial charge in [-0.3, -0.25) is 4.79 Å². The Labute approximate surface area is 137 Å². The monoisotopic (exact) mass is 331 g/mol. The molecular weight excluding hydrogens is 310 g/mol. The van der Waals surface area contributed by atoms with Gasteiger partial charge < -0.3 is 5.32 Å². The van der Waals surface area contributed by atoms with Crippen molar-refractivity contribution in [2.45, 2.75) is 31.2 Å². The van der Waals surface area contributed by atoms with E-state index in [1.165, 1.54) is 17.4 Å². The molecule has 1 N–H and O–H groups in total. The Bertz CT molecular complexity index is 780. The van der Waals surface area contributed by atoms with Gasteiger partial charge in [0.25, 0.3) is 0 Å². The first kappa shape index (κ1) is 17.2. The van der Waals surface area contributed by atoms with Crippen molar-refractivity contribution < 1.29 is 13.2 Å². The van der Waals surface area contributed by atoms with Crippen LogP contribution in [0.1, 0.15) is 23.1 Å². The molecule has 0 aliphatic carbocycles. The van der Waals surface area contributed by atoms with E-state index < -0.39 is 9.84 Å². The highest BCUT2D eigenvalue weighted by Gasteiger charge is 2.07. The lowest BCUT2D eigenvalue weighted by atomic mass is 10.0. The predicted molar refractivity (Wildman–Crippen MR) is 90.9 cm³/mol. The molecule has 0 aliphatic heterocycles. The number of amides is 1. The molecule has 0 aliphatic rings. The normalized spacial score (nSPS) is 11.2. The van der Waals surface area contributed by atoms with Gasteiger partial charge in [-0.05, 0) is 42.2 Å². The van der Waals surface area contributed by atoms with Crippen molar-refractivity contribution in [2.75, 3.05) is 6.26 Å². The minimum Gasteiger partial charge on any atom is -0.352 e. The summed E-state index contributed by atoms with van der Waals surface area (Å²) in [4.78, 5) is 12.2. The molecule has 2 aromatic rings. The van der Waals surface area contributed by atoms with E-state index in [0.717, 1.165) is 5.56 Å². The SMILES string of the molecule is Cc1ccccc1CCC(=O)NCc1ccc(S(C)(=O)=O)cc1. The zero-order valence-electron chi connectivity index (χ0n) is 13.4. The second-order valence-corrected chi connectivity index (χ2v) is 7.64. The smallest absolute Gasteiger partial charge is 0.220 e. The van der Waals surface area contributed by atoms with Crippen LogP contribution in [0.15, 0.2) is 53.4 Å². The van der Waals surface area contributed by atoms with E-state index in [4.69, 9.17) is 0 Å². The van der Waals surface area contributed by atoms with Gasteiger partial charge in [0.1, 0.15) is 0 Å². The maximum atomic E-state index is 11.9. The molecule has 122 valence electrons. The Morgan fingerprint density at radius 2 is 1.70 bits per heavy atom. The number of sulfone groups is 1. The lowest BCUT2D eigenvalue weighted by molar-refractivity contribution is -0.121. The molecule has 2 aromatic carbocycles. The summed E-state index contributed by atoms with van der Waals surface area (Å²) in [7, 11) is -3.18. The minimum atomic E-state index is -3.18. The Morgan fingerprint density at radius 3 is 2.30 bits per heavy atom. The zero-order valence-corrected chi connectivity index (χ0v) is 14.2. The summed E-state index contributed by atoms with van der Waals surface area (Å²) in [5.41, 5.74) is 3.25. The van der Waals surface area contributed by atoms with Gasteiger partial charge in [-0.15, -0.1) is 0 Å². The van der Waals surface area contributed by atoms with Crippen LogP contribution in [0.3, 0.4) is 0 Å². The van der Waals surface area contributed by atoms with E-state index in [9.17, 15) is 13.2 Å². The van der Waals surface area contributed by atoms with Crippen LogP contribution in [0.25, 0.3) is 0 Å². The molecule has 4 nitrogen and oxygen atoms in total. The topological polar surface area (TPSA) is 63.2 Å². The van der Waals surface area contributed by atoms with Crippen LogP contribution in [-0.2, 0) is 27.6 Å². The number of rotatable bonds is 6. The molecule has 0 bridgehead atoms. The molecule has 0 fully saturated rings. The largest absolute Gasteiger partial charge is 0.352 e. The molecule has 5 heteroatoms. The summed E-state index contributed by atoms with van der Waals surface area (Å²) in [5, 5.41) is 2.86. The maximum absolute atomic E-state index is 11.9. The standard InChI is InChI=1S/C18H21NO3S/c1-14-5-3-4-6-16(14)9-12-18(20)19-13-15-7-10-17(11-8-15)23(2,21)22/h3-8,10-11H,9,12-13H2,1-2H3,(H,19,20). The van der Waals surface area contributed by atoms with Gasteiger partial charge in [0.15, 0.2) is 9.84 Å². The Balaban J connectivity index is 1.84. The van der Waals surface area contributed by atoms with E-state index in [-0.39, 0.29) is 10.8 Å². The van der Waals surface area contributed by atoms with Crippen LogP contribution in [0.5, 0.6) is 0 Å². The third-order valence-corrected chi connectivity index (χ3v) is 4.85. The average Bonchev–Trinajstić information content (AvgIpc) is 2.51. The van der Waals surface area contributed by atoms with E-state index in [1.54, 1.807) is 24.3 Å². The Hall–Kier alpha value is -2.14. The fourth-order valence-corrected chi connectivity index (χ4v) is 2.91. The molecular formula is C18H21NO3S. The van der Waals surface area contributed by atoms with E-state index >= 15 is 0 Å².